The molecule has 12 heteroatoms. The van der Waals surface area contributed by atoms with Gasteiger partial charge in [-0.1, -0.05) is 0 Å². The maximum Gasteiger partial charge on any atom is 0.350 e. The van der Waals surface area contributed by atoms with Gasteiger partial charge in [0.2, 0.25) is 6.23 Å². The van der Waals surface area contributed by atoms with Gasteiger partial charge in [0.05, 0.1) is 18.8 Å². The number of anilines is 1. The molecule has 0 radical (unpaired) electrons. The minimum absolute atomic E-state index is 0.155. The van der Waals surface area contributed by atoms with E-state index < -0.39 is 12.2 Å². The lowest BCUT2D eigenvalue weighted by Gasteiger charge is -2.24. The molecule has 1 unspecified atom stereocenters. The summed E-state index contributed by atoms with van der Waals surface area (Å²) in [4.78, 5) is 25.5. The zero-order valence-electron chi connectivity index (χ0n) is 20.3. The van der Waals surface area contributed by atoms with Crippen molar-refractivity contribution in [3.05, 3.63) is 36.3 Å². The zero-order chi connectivity index (χ0) is 25.3. The quantitative estimate of drug-likeness (QED) is 0.228. The Bertz CT molecular complexity index is 1200. The molecule has 12 nitrogen and oxygen atoms in total. The highest BCUT2D eigenvalue weighted by atomic mass is 16.6. The Labute approximate surface area is 208 Å². The molecule has 36 heavy (non-hydrogen) atoms. The van der Waals surface area contributed by atoms with Gasteiger partial charge in [-0.15, -0.1) is 0 Å². The first-order chi connectivity index (χ1) is 17.6. The van der Waals surface area contributed by atoms with Gasteiger partial charge in [-0.25, -0.2) is 19.7 Å². The SMILES string of the molecule is CCOC(=O)C(NC)OCCOc1cc2ncn(-c3ccc(C#N)cn3)c2nc1NC1CCOCC1. The Kier molecular flexibility index (Phi) is 8.62. The Morgan fingerprint density at radius 1 is 1.31 bits per heavy atom. The number of carbonyl (C=O) groups is 1. The lowest BCUT2D eigenvalue weighted by molar-refractivity contribution is -0.159. The van der Waals surface area contributed by atoms with Crippen LogP contribution in [0.5, 0.6) is 5.75 Å². The zero-order valence-corrected chi connectivity index (χ0v) is 20.3. The Morgan fingerprint density at radius 3 is 2.83 bits per heavy atom. The van der Waals surface area contributed by atoms with Gasteiger partial charge in [0.15, 0.2) is 17.2 Å². The summed E-state index contributed by atoms with van der Waals surface area (Å²) in [6, 6.07) is 7.50. The van der Waals surface area contributed by atoms with E-state index in [-0.39, 0.29) is 25.9 Å². The number of rotatable bonds is 11. The molecule has 2 N–H and O–H groups in total. The molecule has 0 aromatic carbocycles. The number of esters is 1. The summed E-state index contributed by atoms with van der Waals surface area (Å²) in [6.07, 6.45) is 3.97. The van der Waals surface area contributed by atoms with Crippen molar-refractivity contribution >= 4 is 23.0 Å². The molecule has 0 aliphatic carbocycles. The molecule has 0 spiro atoms. The highest BCUT2D eigenvalue weighted by Gasteiger charge is 2.21. The van der Waals surface area contributed by atoms with E-state index in [2.05, 4.69) is 26.7 Å². The van der Waals surface area contributed by atoms with E-state index in [0.29, 0.717) is 47.3 Å². The van der Waals surface area contributed by atoms with Crippen molar-refractivity contribution in [2.45, 2.75) is 32.0 Å². The molecule has 1 fully saturated rings. The van der Waals surface area contributed by atoms with Gasteiger partial charge in [-0.05, 0) is 38.9 Å². The third-order valence-corrected chi connectivity index (χ3v) is 5.56. The van der Waals surface area contributed by atoms with Crippen LogP contribution in [0.2, 0.25) is 0 Å². The fraction of sp³-hybridized carbons (Fsp3) is 0.458. The van der Waals surface area contributed by atoms with Crippen LogP contribution in [-0.2, 0) is 19.0 Å². The molecule has 1 saturated heterocycles. The molecule has 0 bridgehead atoms. The number of nitrogens with one attached hydrogen (secondary N) is 2. The van der Waals surface area contributed by atoms with Gasteiger partial charge in [0.25, 0.3) is 0 Å². The van der Waals surface area contributed by atoms with Crippen molar-refractivity contribution in [2.75, 3.05) is 45.4 Å². The van der Waals surface area contributed by atoms with Crippen LogP contribution in [0, 0.1) is 11.3 Å². The van der Waals surface area contributed by atoms with Crippen molar-refractivity contribution in [3.63, 3.8) is 0 Å². The van der Waals surface area contributed by atoms with Gasteiger partial charge in [-0.3, -0.25) is 9.88 Å². The van der Waals surface area contributed by atoms with Crippen molar-refractivity contribution < 1.29 is 23.7 Å². The third kappa shape index (κ3) is 6.06. The Morgan fingerprint density at radius 2 is 2.14 bits per heavy atom. The van der Waals surface area contributed by atoms with Gasteiger partial charge >= 0.3 is 5.97 Å². The molecular formula is C24H29N7O5. The predicted molar refractivity (Wildman–Crippen MR) is 130 cm³/mol. The second-order valence-corrected chi connectivity index (χ2v) is 7.98. The number of likely N-dealkylation sites (N-methyl/N-ethyl adjacent to an activating group) is 1. The second kappa shape index (κ2) is 12.3. The molecule has 4 rings (SSSR count). The number of nitrogens with zero attached hydrogens (tertiary/aromatic N) is 5. The number of ether oxygens (including phenoxy) is 4. The second-order valence-electron chi connectivity index (χ2n) is 7.98. The van der Waals surface area contributed by atoms with Crippen LogP contribution in [0.1, 0.15) is 25.3 Å². The van der Waals surface area contributed by atoms with E-state index in [1.807, 2.05) is 6.07 Å². The Balaban J connectivity index is 1.54. The van der Waals surface area contributed by atoms with Gasteiger partial charge in [0.1, 0.15) is 30.3 Å². The monoisotopic (exact) mass is 495 g/mol. The number of fused-ring (bicyclic) bond motifs is 1. The van der Waals surface area contributed by atoms with Crippen molar-refractivity contribution in [1.82, 2.24) is 24.8 Å². The average molecular weight is 496 g/mol. The Hall–Kier alpha value is -3.79. The van der Waals surface area contributed by atoms with E-state index in [0.717, 1.165) is 12.8 Å². The van der Waals surface area contributed by atoms with E-state index in [4.69, 9.17) is 29.2 Å². The number of aromatic nitrogens is 4. The maximum atomic E-state index is 11.9. The van der Waals surface area contributed by atoms with Crippen molar-refractivity contribution in [2.24, 2.45) is 0 Å². The summed E-state index contributed by atoms with van der Waals surface area (Å²) in [5.41, 5.74) is 1.69. The molecule has 1 aliphatic rings. The van der Waals surface area contributed by atoms with Crippen LogP contribution in [0.25, 0.3) is 17.0 Å². The van der Waals surface area contributed by atoms with Crippen LogP contribution in [0.15, 0.2) is 30.7 Å². The lowest BCUT2D eigenvalue weighted by Crippen LogP contribution is -2.39. The molecular weight excluding hydrogens is 466 g/mol. The minimum Gasteiger partial charge on any atom is -0.487 e. The topological polar surface area (TPSA) is 145 Å². The number of pyridine rings is 2. The summed E-state index contributed by atoms with van der Waals surface area (Å²) in [6.45, 7) is 3.71. The van der Waals surface area contributed by atoms with E-state index >= 15 is 0 Å². The van der Waals surface area contributed by atoms with Crippen LogP contribution >= 0.6 is 0 Å². The molecule has 0 amide bonds. The highest BCUT2D eigenvalue weighted by Crippen LogP contribution is 2.29. The summed E-state index contributed by atoms with van der Waals surface area (Å²) < 4.78 is 23.8. The van der Waals surface area contributed by atoms with Crippen molar-refractivity contribution in [3.8, 4) is 17.6 Å². The van der Waals surface area contributed by atoms with E-state index in [1.165, 1.54) is 6.20 Å². The summed E-state index contributed by atoms with van der Waals surface area (Å²) >= 11 is 0. The standard InChI is InChI=1S/C24H29N7O5/c1-3-34-24(32)23(26-2)36-11-10-35-19-12-18-22(30-21(19)29-17-6-8-33-9-7-17)31(15-28-18)20-5-4-16(13-25)14-27-20/h4-5,12,14-15,17,23,26H,3,6-11H2,1-2H3,(H,29,30). The average Bonchev–Trinajstić information content (AvgIpc) is 3.32. The third-order valence-electron chi connectivity index (χ3n) is 5.56. The minimum atomic E-state index is -0.871. The number of nitriles is 1. The maximum absolute atomic E-state index is 11.9. The molecule has 3 aromatic rings. The van der Waals surface area contributed by atoms with Crippen LogP contribution in [-0.4, -0.2) is 77.8 Å². The van der Waals surface area contributed by atoms with Crippen LogP contribution in [0.4, 0.5) is 5.82 Å². The van der Waals surface area contributed by atoms with Crippen LogP contribution in [0.3, 0.4) is 0 Å². The normalized spacial score (nSPS) is 14.8. The number of hydrogen-bond donors (Lipinski definition) is 2. The smallest absolute Gasteiger partial charge is 0.350 e. The number of carbonyl (C=O) groups excluding carboxylic acids is 1. The van der Waals surface area contributed by atoms with Gasteiger partial charge in [-0.2, -0.15) is 5.26 Å². The van der Waals surface area contributed by atoms with Gasteiger partial charge < -0.3 is 24.3 Å². The fourth-order valence-corrected chi connectivity index (χ4v) is 3.74. The molecule has 1 aliphatic heterocycles. The van der Waals surface area contributed by atoms with Crippen molar-refractivity contribution in [1.29, 1.82) is 5.26 Å². The summed E-state index contributed by atoms with van der Waals surface area (Å²) in [7, 11) is 1.62. The number of hydrogen-bond acceptors (Lipinski definition) is 11. The lowest BCUT2D eigenvalue weighted by atomic mass is 10.1. The van der Waals surface area contributed by atoms with Gasteiger partial charge in [0, 0.05) is 31.5 Å². The van der Waals surface area contributed by atoms with Crippen LogP contribution < -0.4 is 15.4 Å². The molecule has 190 valence electrons. The largest absolute Gasteiger partial charge is 0.487 e. The fourth-order valence-electron chi connectivity index (χ4n) is 3.74. The van der Waals surface area contributed by atoms with E-state index in [1.54, 1.807) is 37.0 Å². The summed E-state index contributed by atoms with van der Waals surface area (Å²) in [5.74, 6) is 1.21. The van der Waals surface area contributed by atoms with E-state index in [9.17, 15) is 4.79 Å². The first-order valence-corrected chi connectivity index (χ1v) is 11.8. The first kappa shape index (κ1) is 25.3. The summed E-state index contributed by atoms with van der Waals surface area (Å²) in [5, 5.41) is 15.3. The molecule has 4 heterocycles. The first-order valence-electron chi connectivity index (χ1n) is 11.8. The highest BCUT2D eigenvalue weighted by molar-refractivity contribution is 5.78. The molecule has 0 saturated carbocycles. The molecule has 1 atom stereocenters. The molecule has 3 aromatic heterocycles. The predicted octanol–water partition coefficient (Wildman–Crippen LogP) is 1.78. The number of imidazole rings is 1.